The first-order chi connectivity index (χ1) is 32.2. The van der Waals surface area contributed by atoms with Crippen LogP contribution in [0.5, 0.6) is 0 Å². The summed E-state index contributed by atoms with van der Waals surface area (Å²) in [7, 11) is 0. The number of furan rings is 1. The fourth-order valence-electron chi connectivity index (χ4n) is 11.4. The van der Waals surface area contributed by atoms with Crippen LogP contribution in [0.4, 0.5) is 34.3 Å². The monoisotopic (exact) mass is 912 g/mol. The molecule has 0 unspecified atom stereocenters. The van der Waals surface area contributed by atoms with Crippen LogP contribution >= 0.6 is 0 Å². The lowest BCUT2D eigenvalue weighted by atomic mass is 9.35. The van der Waals surface area contributed by atoms with Crippen molar-refractivity contribution in [3.05, 3.63) is 143 Å². The molecule has 0 radical (unpaired) electrons. The van der Waals surface area contributed by atoms with Gasteiger partial charge in [0, 0.05) is 44.8 Å². The van der Waals surface area contributed by atoms with Crippen LogP contribution in [0, 0.1) is 0 Å². The maximum Gasteiger partial charge on any atom is 0.279 e. The second-order valence-electron chi connectivity index (χ2n) is 26.1. The minimum absolute atomic E-state index is 0.00254. The molecule has 0 N–H and O–H groups in total. The topological polar surface area (TPSA) is 45.7 Å². The molecule has 0 amide bonds. The fourth-order valence-corrected chi connectivity index (χ4v) is 11.4. The molecule has 0 atom stereocenters. The van der Waals surface area contributed by atoms with Crippen LogP contribution in [0.3, 0.4) is 0 Å². The van der Waals surface area contributed by atoms with Gasteiger partial charge in [-0.05, 0) is 162 Å². The molecule has 11 rings (SSSR count). The third-order valence-electron chi connectivity index (χ3n) is 16.0. The Morgan fingerprint density at radius 3 is 1.65 bits per heavy atom. The molecule has 0 saturated heterocycles. The molecule has 69 heavy (non-hydrogen) atoms. The number of rotatable bonds is 3. The van der Waals surface area contributed by atoms with Crippen LogP contribution in [0.2, 0.25) is 0 Å². The highest BCUT2D eigenvalue weighted by molar-refractivity contribution is 6.99. The number of aromatic nitrogens is 1. The van der Waals surface area contributed by atoms with Gasteiger partial charge in [-0.1, -0.05) is 147 Å². The van der Waals surface area contributed by atoms with Gasteiger partial charge in [-0.3, -0.25) is 4.90 Å². The molecule has 5 nitrogen and oxygen atoms in total. The van der Waals surface area contributed by atoms with Crippen molar-refractivity contribution in [2.45, 2.75) is 156 Å². The molecule has 2 aromatic heterocycles. The Hall–Kier alpha value is -6.01. The maximum atomic E-state index is 7.43. The summed E-state index contributed by atoms with van der Waals surface area (Å²) >= 11 is 0. The molecule has 4 heterocycles. The SMILES string of the molecule is CC(C)(C)c1ccc(N2c3ccc(C(C)(C)C)cc3B3c4nc(-c5ccc6oc7ccc(C(C)(C)C)cc7c6c5)oc4N(c4ccc5c(c4)C(C)(C)CCC5(C)C)c4cc(C(C)(C)C)cc2c43)cc1. The molecular formula is C63H70BN3O2. The van der Waals surface area contributed by atoms with E-state index in [9.17, 15) is 0 Å². The normalized spacial score (nSPS) is 16.4. The van der Waals surface area contributed by atoms with Crippen LogP contribution in [-0.2, 0) is 32.5 Å². The van der Waals surface area contributed by atoms with Gasteiger partial charge in [0.2, 0.25) is 11.8 Å². The lowest BCUT2D eigenvalue weighted by molar-refractivity contribution is 0.332. The number of hydrogen-bond donors (Lipinski definition) is 0. The molecule has 1 aliphatic carbocycles. The Kier molecular flexibility index (Phi) is 9.72. The molecule has 8 aromatic rings. The molecule has 0 saturated carbocycles. The van der Waals surface area contributed by atoms with Crippen LogP contribution in [0.25, 0.3) is 33.4 Å². The van der Waals surface area contributed by atoms with Crippen LogP contribution < -0.4 is 26.3 Å². The summed E-state index contributed by atoms with van der Waals surface area (Å²) < 4.78 is 13.9. The van der Waals surface area contributed by atoms with Gasteiger partial charge in [0.1, 0.15) is 11.2 Å². The highest BCUT2D eigenvalue weighted by Crippen LogP contribution is 2.51. The second-order valence-corrected chi connectivity index (χ2v) is 26.1. The standard InChI is InChI=1S/C63H70BN3O2/c1-58(2,3)38-18-22-42(23-19-38)66-49-26-20-40(60(7,8)9)33-48(49)64-54-50(66)34-41(61(10,11)12)35-51(54)67(43-24-25-46-47(36-43)63(15,16)30-29-62(46,13)14)57-55(64)65-56(69-57)37-17-27-52-44(31-37)45-32-39(59(4,5)6)21-28-53(45)68-52/h17-28,31-36H,29-30H2,1-16H3. The molecule has 0 spiro atoms. The van der Waals surface area contributed by atoms with Crippen molar-refractivity contribution in [2.75, 3.05) is 9.80 Å². The lowest BCUT2D eigenvalue weighted by Crippen LogP contribution is -2.62. The van der Waals surface area contributed by atoms with Crippen molar-refractivity contribution in [3.8, 4) is 11.5 Å². The summed E-state index contributed by atoms with van der Waals surface area (Å²) in [5.74, 6) is 1.38. The van der Waals surface area contributed by atoms with Crippen molar-refractivity contribution in [3.63, 3.8) is 0 Å². The quantitative estimate of drug-likeness (QED) is 0.165. The van der Waals surface area contributed by atoms with Crippen molar-refractivity contribution in [1.29, 1.82) is 0 Å². The highest BCUT2D eigenvalue weighted by Gasteiger charge is 2.48. The van der Waals surface area contributed by atoms with E-state index < -0.39 is 0 Å². The van der Waals surface area contributed by atoms with Gasteiger partial charge < -0.3 is 13.7 Å². The van der Waals surface area contributed by atoms with E-state index in [2.05, 4.69) is 230 Å². The number of nitrogens with zero attached hydrogens (tertiary/aromatic N) is 3. The molecule has 0 fully saturated rings. The van der Waals surface area contributed by atoms with E-state index >= 15 is 0 Å². The molecule has 3 aliphatic rings. The van der Waals surface area contributed by atoms with Gasteiger partial charge in [0.25, 0.3) is 6.71 Å². The second kappa shape index (κ2) is 14.8. The summed E-state index contributed by atoms with van der Waals surface area (Å²) in [5.41, 5.74) is 19.7. The third kappa shape index (κ3) is 7.29. The first kappa shape index (κ1) is 45.4. The van der Waals surface area contributed by atoms with Crippen molar-refractivity contribution in [2.24, 2.45) is 0 Å². The Morgan fingerprint density at radius 1 is 0.478 bits per heavy atom. The first-order valence-corrected chi connectivity index (χ1v) is 25.4. The Balaban J connectivity index is 1.22. The Labute approximate surface area is 411 Å². The molecule has 0 bridgehead atoms. The van der Waals surface area contributed by atoms with Gasteiger partial charge in [-0.25, -0.2) is 4.98 Å². The minimum Gasteiger partial charge on any atom is -0.456 e. The highest BCUT2D eigenvalue weighted by atomic mass is 16.4. The van der Waals surface area contributed by atoms with E-state index in [-0.39, 0.29) is 39.2 Å². The first-order valence-electron chi connectivity index (χ1n) is 25.4. The largest absolute Gasteiger partial charge is 0.456 e. The van der Waals surface area contributed by atoms with E-state index in [1.54, 1.807) is 0 Å². The smallest absolute Gasteiger partial charge is 0.279 e. The van der Waals surface area contributed by atoms with Gasteiger partial charge in [-0.2, -0.15) is 0 Å². The molecule has 2 aliphatic heterocycles. The molecule has 6 aromatic carbocycles. The zero-order valence-corrected chi connectivity index (χ0v) is 44.0. The van der Waals surface area contributed by atoms with Crippen molar-refractivity contribution in [1.82, 2.24) is 4.98 Å². The number of hydrogen-bond acceptors (Lipinski definition) is 5. The zero-order chi connectivity index (χ0) is 49.1. The summed E-state index contributed by atoms with van der Waals surface area (Å²) in [6, 6.07) is 41.7. The number of fused-ring (bicyclic) bond motifs is 8. The van der Waals surface area contributed by atoms with Crippen LogP contribution in [0.1, 0.15) is 157 Å². The third-order valence-corrected chi connectivity index (χ3v) is 16.0. The van der Waals surface area contributed by atoms with Gasteiger partial charge in [0.05, 0.1) is 5.59 Å². The van der Waals surface area contributed by atoms with Gasteiger partial charge in [-0.15, -0.1) is 0 Å². The summed E-state index contributed by atoms with van der Waals surface area (Å²) in [6.07, 6.45) is 2.29. The number of benzene rings is 6. The molecule has 6 heteroatoms. The van der Waals surface area contributed by atoms with Crippen molar-refractivity contribution < 1.29 is 8.83 Å². The maximum absolute atomic E-state index is 7.43. The van der Waals surface area contributed by atoms with Gasteiger partial charge in [0.15, 0.2) is 0 Å². The fraction of sp³-hybridized carbons (Fsp3) is 0.381. The van der Waals surface area contributed by atoms with E-state index in [1.165, 1.54) is 55.7 Å². The lowest BCUT2D eigenvalue weighted by Gasteiger charge is -2.44. The molecule has 352 valence electrons. The Morgan fingerprint density at radius 2 is 1.01 bits per heavy atom. The summed E-state index contributed by atoms with van der Waals surface area (Å²) in [5, 5.41) is 2.17. The van der Waals surface area contributed by atoms with Crippen LogP contribution in [0.15, 0.2) is 118 Å². The zero-order valence-electron chi connectivity index (χ0n) is 44.0. The van der Waals surface area contributed by atoms with E-state index in [0.717, 1.165) is 68.9 Å². The average molecular weight is 912 g/mol. The number of anilines is 6. The van der Waals surface area contributed by atoms with Gasteiger partial charge >= 0.3 is 0 Å². The minimum atomic E-state index is -0.198. The van der Waals surface area contributed by atoms with Crippen LogP contribution in [-0.4, -0.2) is 11.7 Å². The predicted molar refractivity (Wildman–Crippen MR) is 293 cm³/mol. The number of oxazole rings is 1. The van der Waals surface area contributed by atoms with E-state index in [4.69, 9.17) is 13.8 Å². The average Bonchev–Trinajstić information content (AvgIpc) is 3.88. The summed E-state index contributed by atoms with van der Waals surface area (Å²) in [4.78, 5) is 10.7. The van der Waals surface area contributed by atoms with Crippen molar-refractivity contribution >= 4 is 79.5 Å². The Bertz CT molecular complexity index is 3390. The molecular weight excluding hydrogens is 842 g/mol. The predicted octanol–water partition coefficient (Wildman–Crippen LogP) is 15.9. The van der Waals surface area contributed by atoms with E-state index in [1.807, 2.05) is 0 Å². The van der Waals surface area contributed by atoms with E-state index in [0.29, 0.717) is 5.89 Å². The summed E-state index contributed by atoms with van der Waals surface area (Å²) in [6.45, 7) is 37.1.